The van der Waals surface area contributed by atoms with E-state index in [2.05, 4.69) is 14.7 Å². The van der Waals surface area contributed by atoms with Gasteiger partial charge >= 0.3 is 0 Å². The third-order valence-electron chi connectivity index (χ3n) is 2.12. The number of hydrogen-bond acceptors (Lipinski definition) is 4. The monoisotopic (exact) mass is 249 g/mol. The highest BCUT2D eigenvalue weighted by atomic mass is 32.2. The summed E-state index contributed by atoms with van der Waals surface area (Å²) in [5.41, 5.74) is 1.000. The summed E-state index contributed by atoms with van der Waals surface area (Å²) >= 11 is 0. The number of aryl methyl sites for hydroxylation is 1. The highest BCUT2D eigenvalue weighted by molar-refractivity contribution is 7.92. The minimum Gasteiger partial charge on any atom is -0.247 e. The number of benzene rings is 1. The summed E-state index contributed by atoms with van der Waals surface area (Å²) in [4.78, 5) is 7.80. The van der Waals surface area contributed by atoms with Crippen molar-refractivity contribution in [2.24, 2.45) is 0 Å². The predicted octanol–water partition coefficient (Wildman–Crippen LogP) is 1.59. The van der Waals surface area contributed by atoms with Crippen molar-refractivity contribution >= 4 is 16.0 Å². The van der Waals surface area contributed by atoms with Crippen LogP contribution in [-0.4, -0.2) is 18.4 Å². The van der Waals surface area contributed by atoms with Crippen LogP contribution in [0.1, 0.15) is 5.56 Å². The molecule has 0 atom stereocenters. The molecule has 1 aromatic carbocycles. The lowest BCUT2D eigenvalue weighted by Crippen LogP contribution is -2.14. The van der Waals surface area contributed by atoms with Crippen LogP contribution in [0.15, 0.2) is 47.6 Å². The second-order valence-electron chi connectivity index (χ2n) is 3.49. The Bertz CT molecular complexity index is 594. The van der Waals surface area contributed by atoms with Crippen molar-refractivity contribution in [1.82, 2.24) is 9.97 Å². The van der Waals surface area contributed by atoms with E-state index in [0.717, 1.165) is 5.56 Å². The first-order valence-electron chi connectivity index (χ1n) is 4.94. The van der Waals surface area contributed by atoms with E-state index in [9.17, 15) is 8.42 Å². The Morgan fingerprint density at radius 2 is 1.65 bits per heavy atom. The molecule has 0 bridgehead atoms. The number of sulfonamides is 1. The van der Waals surface area contributed by atoms with Crippen LogP contribution in [0, 0.1) is 6.92 Å². The van der Waals surface area contributed by atoms with Crippen LogP contribution in [-0.2, 0) is 10.0 Å². The van der Waals surface area contributed by atoms with Gasteiger partial charge in [0.1, 0.15) is 0 Å². The third kappa shape index (κ3) is 2.79. The van der Waals surface area contributed by atoms with Gasteiger partial charge in [0.25, 0.3) is 10.0 Å². The van der Waals surface area contributed by atoms with E-state index in [1.165, 1.54) is 12.4 Å². The van der Waals surface area contributed by atoms with Gasteiger partial charge in [0, 0.05) is 12.4 Å². The van der Waals surface area contributed by atoms with Gasteiger partial charge in [-0.3, -0.25) is 0 Å². The fourth-order valence-electron chi connectivity index (χ4n) is 1.25. The Hall–Kier alpha value is -1.95. The minimum atomic E-state index is -3.61. The van der Waals surface area contributed by atoms with Gasteiger partial charge in [-0.1, -0.05) is 17.7 Å². The van der Waals surface area contributed by atoms with Crippen LogP contribution in [0.5, 0.6) is 0 Å². The van der Waals surface area contributed by atoms with Gasteiger partial charge in [0.15, 0.2) is 0 Å². The third-order valence-corrected chi connectivity index (χ3v) is 3.47. The Morgan fingerprint density at radius 3 is 2.24 bits per heavy atom. The number of nitrogens with zero attached hydrogens (tertiary/aromatic N) is 2. The van der Waals surface area contributed by atoms with E-state index in [1.807, 2.05) is 6.92 Å². The highest BCUT2D eigenvalue weighted by Crippen LogP contribution is 2.13. The van der Waals surface area contributed by atoms with Crippen molar-refractivity contribution in [3.05, 3.63) is 48.3 Å². The molecule has 0 unspecified atom stereocenters. The van der Waals surface area contributed by atoms with Gasteiger partial charge in [-0.05, 0) is 25.1 Å². The van der Waals surface area contributed by atoms with Crippen LogP contribution in [0.25, 0.3) is 0 Å². The number of aromatic nitrogens is 2. The van der Waals surface area contributed by atoms with Crippen molar-refractivity contribution in [3.63, 3.8) is 0 Å². The summed E-state index contributed by atoms with van der Waals surface area (Å²) in [6.45, 7) is 1.89. The number of anilines is 1. The fraction of sp³-hybridized carbons (Fsp3) is 0.0909. The molecule has 1 heterocycles. The molecule has 2 aromatic rings. The Kier molecular flexibility index (Phi) is 3.06. The molecule has 0 spiro atoms. The zero-order valence-corrected chi connectivity index (χ0v) is 9.98. The van der Waals surface area contributed by atoms with Crippen molar-refractivity contribution in [2.45, 2.75) is 11.8 Å². The molecular formula is C11H11N3O2S. The van der Waals surface area contributed by atoms with Crippen molar-refractivity contribution in [1.29, 1.82) is 0 Å². The molecule has 1 aromatic heterocycles. The maximum absolute atomic E-state index is 11.9. The molecule has 2 rings (SSSR count). The molecule has 0 saturated carbocycles. The lowest BCUT2D eigenvalue weighted by Gasteiger charge is -2.06. The zero-order chi connectivity index (χ0) is 12.3. The number of nitrogens with one attached hydrogen (secondary N) is 1. The topological polar surface area (TPSA) is 72.0 Å². The van der Waals surface area contributed by atoms with Crippen molar-refractivity contribution in [3.8, 4) is 0 Å². The van der Waals surface area contributed by atoms with Crippen molar-refractivity contribution < 1.29 is 8.42 Å². The van der Waals surface area contributed by atoms with E-state index in [1.54, 1.807) is 30.3 Å². The lowest BCUT2D eigenvalue weighted by molar-refractivity contribution is 0.601. The molecule has 0 aliphatic carbocycles. The molecule has 0 amide bonds. The molecule has 17 heavy (non-hydrogen) atoms. The molecule has 0 aliphatic heterocycles. The van der Waals surface area contributed by atoms with Gasteiger partial charge in [0.05, 0.1) is 4.90 Å². The maximum Gasteiger partial charge on any atom is 0.264 e. The molecule has 0 saturated heterocycles. The SMILES string of the molecule is Cc1ccc(S(=O)(=O)Nc2ncccn2)cc1. The average Bonchev–Trinajstić information content (AvgIpc) is 2.30. The minimum absolute atomic E-state index is 0.0630. The maximum atomic E-state index is 11.9. The molecular weight excluding hydrogens is 238 g/mol. The Labute approximate surface area is 99.6 Å². The molecule has 5 nitrogen and oxygen atoms in total. The van der Waals surface area contributed by atoms with Crippen LogP contribution in [0.3, 0.4) is 0 Å². The molecule has 88 valence electrons. The summed E-state index contributed by atoms with van der Waals surface area (Å²) in [6, 6.07) is 8.17. The van der Waals surface area contributed by atoms with Gasteiger partial charge in [-0.2, -0.15) is 0 Å². The smallest absolute Gasteiger partial charge is 0.247 e. The van der Waals surface area contributed by atoms with Crippen LogP contribution >= 0.6 is 0 Å². The molecule has 0 aliphatic rings. The average molecular weight is 249 g/mol. The Balaban J connectivity index is 2.29. The van der Waals surface area contributed by atoms with Gasteiger partial charge in [-0.15, -0.1) is 0 Å². The van der Waals surface area contributed by atoms with Crippen LogP contribution < -0.4 is 4.72 Å². The summed E-state index contributed by atoms with van der Waals surface area (Å²) < 4.78 is 26.1. The van der Waals surface area contributed by atoms with Crippen LogP contribution in [0.4, 0.5) is 5.95 Å². The normalized spacial score (nSPS) is 11.1. The molecule has 1 N–H and O–H groups in total. The first-order chi connectivity index (χ1) is 8.08. The van der Waals surface area contributed by atoms with E-state index in [0.29, 0.717) is 0 Å². The highest BCUT2D eigenvalue weighted by Gasteiger charge is 2.14. The van der Waals surface area contributed by atoms with E-state index < -0.39 is 10.0 Å². The van der Waals surface area contributed by atoms with Crippen molar-refractivity contribution in [2.75, 3.05) is 4.72 Å². The van der Waals surface area contributed by atoms with E-state index in [4.69, 9.17) is 0 Å². The largest absolute Gasteiger partial charge is 0.264 e. The van der Waals surface area contributed by atoms with E-state index >= 15 is 0 Å². The van der Waals surface area contributed by atoms with Gasteiger partial charge in [0.2, 0.25) is 5.95 Å². The summed E-state index contributed by atoms with van der Waals surface area (Å²) in [5, 5.41) is 0. The standard InChI is InChI=1S/C11H11N3O2S/c1-9-3-5-10(6-4-9)17(15,16)14-11-12-7-2-8-13-11/h2-8H,1H3,(H,12,13,14). The summed E-state index contributed by atoms with van der Waals surface area (Å²) in [6.07, 6.45) is 2.94. The zero-order valence-electron chi connectivity index (χ0n) is 9.16. The number of hydrogen-bond donors (Lipinski definition) is 1. The van der Waals surface area contributed by atoms with Gasteiger partial charge in [-0.25, -0.2) is 23.1 Å². The van der Waals surface area contributed by atoms with E-state index in [-0.39, 0.29) is 10.8 Å². The molecule has 6 heteroatoms. The summed E-state index contributed by atoms with van der Waals surface area (Å²) in [7, 11) is -3.61. The lowest BCUT2D eigenvalue weighted by atomic mass is 10.2. The quantitative estimate of drug-likeness (QED) is 0.896. The predicted molar refractivity (Wildman–Crippen MR) is 64.0 cm³/mol. The second-order valence-corrected chi connectivity index (χ2v) is 5.17. The fourth-order valence-corrected chi connectivity index (χ4v) is 2.21. The summed E-state index contributed by atoms with van der Waals surface area (Å²) in [5.74, 6) is 0.0630. The molecule has 0 fully saturated rings. The molecule has 0 radical (unpaired) electrons. The second kappa shape index (κ2) is 4.50. The van der Waals surface area contributed by atoms with Gasteiger partial charge < -0.3 is 0 Å². The first kappa shape index (κ1) is 11.5. The number of rotatable bonds is 3. The first-order valence-corrected chi connectivity index (χ1v) is 6.43. The van der Waals surface area contributed by atoms with Crippen LogP contribution in [0.2, 0.25) is 0 Å². The Morgan fingerprint density at radius 1 is 1.06 bits per heavy atom.